The van der Waals surface area contributed by atoms with E-state index in [0.29, 0.717) is 6.54 Å². The van der Waals surface area contributed by atoms with Gasteiger partial charge in [-0.15, -0.1) is 0 Å². The standard InChI is InChI=1S/C8H8BNO/c10-5-8-9-6-3-1-2-4-7(6)11-8/h1-4H,5,10H2. The zero-order chi connectivity index (χ0) is 7.68. The first-order valence-electron chi connectivity index (χ1n) is 3.57. The molecule has 0 unspecified atom stereocenters. The van der Waals surface area contributed by atoms with Crippen LogP contribution < -0.4 is 5.73 Å². The number of rotatable bonds is 1. The second-order valence-electron chi connectivity index (χ2n) is 2.45. The summed E-state index contributed by atoms with van der Waals surface area (Å²) in [5.74, 6) is 0. The zero-order valence-electron chi connectivity index (χ0n) is 6.08. The van der Waals surface area contributed by atoms with Crippen molar-refractivity contribution in [3.8, 4) is 0 Å². The summed E-state index contributed by atoms with van der Waals surface area (Å²) in [5.41, 5.74) is 7.17. The van der Waals surface area contributed by atoms with E-state index in [1.807, 2.05) is 31.2 Å². The summed E-state index contributed by atoms with van der Waals surface area (Å²) in [5, 5.41) is 1.12. The van der Waals surface area contributed by atoms with E-state index in [1.165, 1.54) is 0 Å². The fraction of sp³-hybridized carbons (Fsp3) is 0.125. The number of nitrogens with two attached hydrogens (primary N) is 1. The van der Waals surface area contributed by atoms with Crippen LogP contribution >= 0.6 is 0 Å². The summed E-state index contributed by atoms with van der Waals surface area (Å²) in [4.78, 5) is 0. The molecule has 0 amide bonds. The Morgan fingerprint density at radius 3 is 2.91 bits per heavy atom. The van der Waals surface area contributed by atoms with E-state index in [-0.39, 0.29) is 0 Å². The van der Waals surface area contributed by atoms with Crippen molar-refractivity contribution in [3.63, 3.8) is 0 Å². The van der Waals surface area contributed by atoms with Crippen LogP contribution in [0.4, 0.5) is 0 Å². The molecular weight excluding hydrogens is 137 g/mol. The Morgan fingerprint density at radius 2 is 2.18 bits per heavy atom. The van der Waals surface area contributed by atoms with Gasteiger partial charge in [0.2, 0.25) is 0 Å². The van der Waals surface area contributed by atoms with E-state index in [0.717, 1.165) is 16.5 Å². The van der Waals surface area contributed by atoms with Gasteiger partial charge in [0, 0.05) is 0 Å². The van der Waals surface area contributed by atoms with Crippen LogP contribution in [0.25, 0.3) is 10.9 Å². The van der Waals surface area contributed by atoms with E-state index in [1.54, 1.807) is 0 Å². The van der Waals surface area contributed by atoms with E-state index in [4.69, 9.17) is 10.2 Å². The fourth-order valence-electron chi connectivity index (χ4n) is 1.14. The van der Waals surface area contributed by atoms with Crippen LogP contribution in [0.5, 0.6) is 0 Å². The van der Waals surface area contributed by atoms with Crippen LogP contribution in [0.15, 0.2) is 28.7 Å². The third kappa shape index (κ3) is 1.07. The van der Waals surface area contributed by atoms with Crippen LogP contribution in [0, 0.1) is 0 Å². The molecule has 0 fully saturated rings. The summed E-state index contributed by atoms with van der Waals surface area (Å²) in [6.07, 6.45) is 0. The topological polar surface area (TPSA) is 39.2 Å². The molecule has 54 valence electrons. The van der Waals surface area contributed by atoms with Crippen molar-refractivity contribution in [1.82, 2.24) is 0 Å². The number of benzene rings is 1. The molecule has 0 aliphatic heterocycles. The molecule has 3 heteroatoms. The van der Waals surface area contributed by atoms with E-state index < -0.39 is 0 Å². The van der Waals surface area contributed by atoms with Gasteiger partial charge in [0.1, 0.15) is 0 Å². The zero-order valence-corrected chi connectivity index (χ0v) is 6.08. The molecule has 0 atom stereocenters. The molecule has 2 aromatic rings. The Morgan fingerprint density at radius 1 is 1.36 bits per heavy atom. The van der Waals surface area contributed by atoms with Crippen LogP contribution in [0.3, 0.4) is 0 Å². The SMILES string of the molecule is NCc1bc2ccccc2o1. The average Bonchev–Trinajstić information content (AvgIpc) is 2.46. The van der Waals surface area contributed by atoms with Gasteiger partial charge in [-0.2, -0.15) is 0 Å². The first-order valence-corrected chi connectivity index (χ1v) is 3.57. The summed E-state index contributed by atoms with van der Waals surface area (Å²) in [6, 6.07) is 7.89. The first kappa shape index (κ1) is 6.61. The maximum atomic E-state index is 5.42. The van der Waals surface area contributed by atoms with Gasteiger partial charge >= 0.3 is 64.4 Å². The van der Waals surface area contributed by atoms with Crippen molar-refractivity contribution in [2.45, 2.75) is 6.54 Å². The minimum absolute atomic E-state index is 0.467. The van der Waals surface area contributed by atoms with Crippen molar-refractivity contribution in [2.24, 2.45) is 5.73 Å². The van der Waals surface area contributed by atoms with Crippen molar-refractivity contribution in [2.75, 3.05) is 0 Å². The molecule has 0 spiro atoms. The summed E-state index contributed by atoms with van der Waals surface area (Å²) in [6.45, 7) is 2.43. The molecular formula is C8H8BNO. The summed E-state index contributed by atoms with van der Waals surface area (Å²) >= 11 is 0. The Labute approximate surface area is 65.2 Å². The van der Waals surface area contributed by atoms with Gasteiger partial charge in [0.15, 0.2) is 0 Å². The maximum absolute atomic E-state index is 5.42. The monoisotopic (exact) mass is 145 g/mol. The third-order valence-electron chi connectivity index (χ3n) is 1.68. The Balaban J connectivity index is 2.69. The first-order chi connectivity index (χ1) is 5.40. The summed E-state index contributed by atoms with van der Waals surface area (Å²) < 4.78 is 5.39. The van der Waals surface area contributed by atoms with E-state index in [9.17, 15) is 0 Å². The molecule has 0 radical (unpaired) electrons. The van der Waals surface area contributed by atoms with Gasteiger partial charge in [-0.25, -0.2) is 0 Å². The number of hydrogen-bond donors (Lipinski definition) is 1. The van der Waals surface area contributed by atoms with Crippen LogP contribution in [0.2, 0.25) is 0 Å². The number of hydrogen-bond acceptors (Lipinski definition) is 2. The predicted molar refractivity (Wildman–Crippen MR) is 45.5 cm³/mol. The van der Waals surface area contributed by atoms with Crippen molar-refractivity contribution >= 4 is 17.8 Å². The van der Waals surface area contributed by atoms with E-state index >= 15 is 0 Å². The number of para-hydroxylation sites is 1. The molecule has 0 aliphatic rings. The molecule has 0 saturated carbocycles. The van der Waals surface area contributed by atoms with Gasteiger partial charge in [0.25, 0.3) is 0 Å². The Kier molecular flexibility index (Phi) is 1.51. The van der Waals surface area contributed by atoms with Gasteiger partial charge < -0.3 is 0 Å². The molecule has 0 aliphatic carbocycles. The van der Waals surface area contributed by atoms with Crippen molar-refractivity contribution in [1.29, 1.82) is 0 Å². The van der Waals surface area contributed by atoms with Crippen LogP contribution in [0.1, 0.15) is 5.66 Å². The molecule has 2 N–H and O–H groups in total. The molecule has 2 nitrogen and oxygen atoms in total. The van der Waals surface area contributed by atoms with Gasteiger partial charge in [-0.3, -0.25) is 0 Å². The van der Waals surface area contributed by atoms with Crippen molar-refractivity contribution < 1.29 is 4.42 Å². The van der Waals surface area contributed by atoms with Crippen LogP contribution in [-0.2, 0) is 6.54 Å². The predicted octanol–water partition coefficient (Wildman–Crippen LogP) is 1.23. The quantitative estimate of drug-likeness (QED) is 0.655. The molecule has 11 heavy (non-hydrogen) atoms. The Bertz CT molecular complexity index is 336. The average molecular weight is 145 g/mol. The molecule has 2 rings (SSSR count). The molecule has 1 aromatic heterocycles. The number of fused-ring (bicyclic) bond motifs is 1. The van der Waals surface area contributed by atoms with Crippen molar-refractivity contribution in [3.05, 3.63) is 29.9 Å². The second kappa shape index (κ2) is 2.51. The summed E-state index contributed by atoms with van der Waals surface area (Å²) in [7, 11) is 0. The Hall–Kier alpha value is -1.09. The minimum atomic E-state index is 0.467. The molecule has 0 saturated heterocycles. The molecule has 1 heterocycles. The molecule has 0 bridgehead atoms. The van der Waals surface area contributed by atoms with Gasteiger partial charge in [-0.1, -0.05) is 0 Å². The normalized spacial score (nSPS) is 10.3. The van der Waals surface area contributed by atoms with E-state index in [2.05, 4.69) is 0 Å². The fourth-order valence-corrected chi connectivity index (χ4v) is 1.14. The third-order valence-corrected chi connectivity index (χ3v) is 1.68. The van der Waals surface area contributed by atoms with Crippen LogP contribution in [-0.4, -0.2) is 6.91 Å². The van der Waals surface area contributed by atoms with Gasteiger partial charge in [0.05, 0.1) is 0 Å². The second-order valence-corrected chi connectivity index (χ2v) is 2.45. The molecule has 1 aromatic carbocycles. The van der Waals surface area contributed by atoms with Gasteiger partial charge in [-0.05, 0) is 0 Å².